The van der Waals surface area contributed by atoms with Crippen LogP contribution in [0.5, 0.6) is 5.88 Å². The molecule has 2 aromatic rings. The Morgan fingerprint density at radius 2 is 2.00 bits per heavy atom. The fourth-order valence-electron chi connectivity index (χ4n) is 1.82. The monoisotopic (exact) mass is 431 g/mol. The van der Waals surface area contributed by atoms with E-state index in [1.807, 2.05) is 26.0 Å². The number of halogens is 1. The molecule has 0 saturated heterocycles. The minimum atomic E-state index is 0. The Morgan fingerprint density at radius 3 is 2.52 bits per heavy atom. The van der Waals surface area contributed by atoms with Gasteiger partial charge in [0.05, 0.1) is 19.3 Å². The first-order valence-corrected chi connectivity index (χ1v) is 6.98. The maximum absolute atomic E-state index is 5.52. The molecule has 2 aromatic heterocycles. The van der Waals surface area contributed by atoms with E-state index >= 15 is 0 Å². The van der Waals surface area contributed by atoms with Crippen LogP contribution in [0.15, 0.2) is 27.7 Å². The summed E-state index contributed by atoms with van der Waals surface area (Å²) in [6.07, 6.45) is 1.76. The lowest BCUT2D eigenvalue weighted by molar-refractivity contribution is 0.397. The Hall–Kier alpha value is -1.84. The highest BCUT2D eigenvalue weighted by molar-refractivity contribution is 14.0. The van der Waals surface area contributed by atoms with Crippen molar-refractivity contribution in [3.05, 3.63) is 41.2 Å². The van der Waals surface area contributed by atoms with Gasteiger partial charge in [-0.05, 0) is 19.4 Å². The van der Waals surface area contributed by atoms with E-state index in [9.17, 15) is 0 Å². The molecule has 23 heavy (non-hydrogen) atoms. The zero-order chi connectivity index (χ0) is 15.9. The highest BCUT2D eigenvalue weighted by Crippen LogP contribution is 2.08. The SMILES string of the molecule is CN=C(NCc1ccc(OC)nc1)NCc1nc(C)c(C)o1.I. The van der Waals surface area contributed by atoms with Crippen molar-refractivity contribution in [2.24, 2.45) is 4.99 Å². The van der Waals surface area contributed by atoms with E-state index in [1.54, 1.807) is 20.4 Å². The molecule has 0 fully saturated rings. The highest BCUT2D eigenvalue weighted by Gasteiger charge is 2.06. The third-order valence-electron chi connectivity index (χ3n) is 3.17. The molecule has 2 N–H and O–H groups in total. The first-order chi connectivity index (χ1) is 10.6. The number of aromatic nitrogens is 2. The number of nitrogens with zero attached hydrogens (tertiary/aromatic N) is 3. The molecule has 0 amide bonds. The number of aryl methyl sites for hydroxylation is 2. The van der Waals surface area contributed by atoms with E-state index in [-0.39, 0.29) is 24.0 Å². The lowest BCUT2D eigenvalue weighted by Gasteiger charge is -2.10. The fourth-order valence-corrected chi connectivity index (χ4v) is 1.82. The maximum Gasteiger partial charge on any atom is 0.214 e. The van der Waals surface area contributed by atoms with Gasteiger partial charge in [-0.1, -0.05) is 6.07 Å². The smallest absolute Gasteiger partial charge is 0.214 e. The van der Waals surface area contributed by atoms with E-state index in [0.29, 0.717) is 30.8 Å². The summed E-state index contributed by atoms with van der Waals surface area (Å²) in [7, 11) is 3.31. The summed E-state index contributed by atoms with van der Waals surface area (Å²) in [6.45, 7) is 4.91. The molecule has 0 aliphatic carbocycles. The van der Waals surface area contributed by atoms with E-state index in [0.717, 1.165) is 17.0 Å². The summed E-state index contributed by atoms with van der Waals surface area (Å²) < 4.78 is 10.5. The van der Waals surface area contributed by atoms with Gasteiger partial charge in [0.2, 0.25) is 11.8 Å². The minimum absolute atomic E-state index is 0. The Labute approximate surface area is 153 Å². The minimum Gasteiger partial charge on any atom is -0.481 e. The summed E-state index contributed by atoms with van der Waals surface area (Å²) in [5, 5.41) is 6.36. The van der Waals surface area contributed by atoms with Gasteiger partial charge in [-0.25, -0.2) is 9.97 Å². The van der Waals surface area contributed by atoms with Crippen molar-refractivity contribution < 1.29 is 9.15 Å². The lowest BCUT2D eigenvalue weighted by Crippen LogP contribution is -2.36. The van der Waals surface area contributed by atoms with Crippen LogP contribution in [-0.2, 0) is 13.1 Å². The number of guanidine groups is 1. The maximum atomic E-state index is 5.52. The van der Waals surface area contributed by atoms with Gasteiger partial charge in [0.15, 0.2) is 5.96 Å². The van der Waals surface area contributed by atoms with Crippen LogP contribution in [0, 0.1) is 13.8 Å². The van der Waals surface area contributed by atoms with E-state index < -0.39 is 0 Å². The van der Waals surface area contributed by atoms with Crippen molar-refractivity contribution in [3.8, 4) is 5.88 Å². The summed E-state index contributed by atoms with van der Waals surface area (Å²) in [5.41, 5.74) is 1.94. The number of nitrogens with one attached hydrogen (secondary N) is 2. The summed E-state index contributed by atoms with van der Waals surface area (Å²) in [5.74, 6) is 2.75. The average Bonchev–Trinajstić information content (AvgIpc) is 2.86. The molecule has 0 radical (unpaired) electrons. The highest BCUT2D eigenvalue weighted by atomic mass is 127. The first-order valence-electron chi connectivity index (χ1n) is 6.98. The number of hydrogen-bond acceptors (Lipinski definition) is 5. The third-order valence-corrected chi connectivity index (χ3v) is 3.17. The van der Waals surface area contributed by atoms with Crippen LogP contribution in [0.4, 0.5) is 0 Å². The Bertz CT molecular complexity index is 620. The molecule has 2 heterocycles. The van der Waals surface area contributed by atoms with Crippen molar-refractivity contribution in [2.45, 2.75) is 26.9 Å². The van der Waals surface area contributed by atoms with Crippen LogP contribution < -0.4 is 15.4 Å². The van der Waals surface area contributed by atoms with Crippen molar-refractivity contribution >= 4 is 29.9 Å². The van der Waals surface area contributed by atoms with Gasteiger partial charge in [-0.3, -0.25) is 4.99 Å². The van der Waals surface area contributed by atoms with Crippen LogP contribution in [0.2, 0.25) is 0 Å². The standard InChI is InChI=1S/C15H21N5O2.HI/c1-10-11(2)22-14(20-10)9-19-15(16-3)18-8-12-5-6-13(21-4)17-7-12;/h5-7H,8-9H2,1-4H3,(H2,16,18,19);1H. The second-order valence-electron chi connectivity index (χ2n) is 4.74. The van der Waals surface area contributed by atoms with Crippen LogP contribution in [0.25, 0.3) is 0 Å². The Balaban J connectivity index is 0.00000264. The molecule has 0 atom stereocenters. The molecule has 126 valence electrons. The van der Waals surface area contributed by atoms with Crippen LogP contribution in [0.3, 0.4) is 0 Å². The predicted octanol–water partition coefficient (Wildman–Crippen LogP) is 2.18. The van der Waals surface area contributed by atoms with Crippen molar-refractivity contribution in [1.82, 2.24) is 20.6 Å². The molecule has 0 aliphatic rings. The largest absolute Gasteiger partial charge is 0.481 e. The third kappa shape index (κ3) is 5.70. The number of methoxy groups -OCH3 is 1. The molecular formula is C15H22IN5O2. The molecule has 0 saturated carbocycles. The molecule has 2 rings (SSSR count). The quantitative estimate of drug-likeness (QED) is 0.429. The lowest BCUT2D eigenvalue weighted by atomic mass is 10.3. The van der Waals surface area contributed by atoms with Crippen LogP contribution >= 0.6 is 24.0 Å². The number of rotatable bonds is 5. The van der Waals surface area contributed by atoms with Crippen molar-refractivity contribution in [2.75, 3.05) is 14.2 Å². The normalized spacial score (nSPS) is 10.9. The zero-order valence-corrected chi connectivity index (χ0v) is 16.0. The second kappa shape index (κ2) is 9.33. The summed E-state index contributed by atoms with van der Waals surface area (Å²) in [4.78, 5) is 12.6. The molecule has 8 heteroatoms. The van der Waals surface area contributed by atoms with E-state index in [2.05, 4.69) is 25.6 Å². The van der Waals surface area contributed by atoms with Crippen molar-refractivity contribution in [1.29, 1.82) is 0 Å². The van der Waals surface area contributed by atoms with Gasteiger partial charge in [-0.2, -0.15) is 0 Å². The van der Waals surface area contributed by atoms with E-state index in [4.69, 9.17) is 9.15 Å². The molecule has 0 aromatic carbocycles. The zero-order valence-electron chi connectivity index (χ0n) is 13.7. The topological polar surface area (TPSA) is 84.6 Å². The molecule has 0 aliphatic heterocycles. The average molecular weight is 431 g/mol. The number of ether oxygens (including phenoxy) is 1. The van der Waals surface area contributed by atoms with E-state index in [1.165, 1.54) is 0 Å². The number of pyridine rings is 1. The van der Waals surface area contributed by atoms with Crippen molar-refractivity contribution in [3.63, 3.8) is 0 Å². The van der Waals surface area contributed by atoms with Gasteiger partial charge < -0.3 is 19.8 Å². The fraction of sp³-hybridized carbons (Fsp3) is 0.400. The molecule has 0 bridgehead atoms. The number of oxazole rings is 1. The first kappa shape index (κ1) is 19.2. The molecule has 0 spiro atoms. The molecule has 7 nitrogen and oxygen atoms in total. The molecular weight excluding hydrogens is 409 g/mol. The van der Waals surface area contributed by atoms with Crippen LogP contribution in [-0.4, -0.2) is 30.1 Å². The Morgan fingerprint density at radius 1 is 1.26 bits per heavy atom. The van der Waals surface area contributed by atoms with Gasteiger partial charge in [0.1, 0.15) is 5.76 Å². The second-order valence-corrected chi connectivity index (χ2v) is 4.74. The Kier molecular flexibility index (Phi) is 7.79. The van der Waals surface area contributed by atoms with Crippen LogP contribution in [0.1, 0.15) is 22.9 Å². The summed E-state index contributed by atoms with van der Waals surface area (Å²) in [6, 6.07) is 3.78. The van der Waals surface area contributed by atoms with Gasteiger partial charge >= 0.3 is 0 Å². The van der Waals surface area contributed by atoms with Gasteiger partial charge in [0, 0.05) is 25.9 Å². The van der Waals surface area contributed by atoms with Gasteiger partial charge in [0.25, 0.3) is 0 Å². The summed E-state index contributed by atoms with van der Waals surface area (Å²) >= 11 is 0. The predicted molar refractivity (Wildman–Crippen MR) is 99.2 cm³/mol. The van der Waals surface area contributed by atoms with Gasteiger partial charge in [-0.15, -0.1) is 24.0 Å². The number of aliphatic imine (C=N–C) groups is 1. The number of hydrogen-bond donors (Lipinski definition) is 2. The molecule has 0 unspecified atom stereocenters.